The van der Waals surface area contributed by atoms with Crippen molar-refractivity contribution in [1.82, 2.24) is 0 Å². The molecule has 1 aromatic rings. The van der Waals surface area contributed by atoms with Crippen LogP contribution in [0, 0.1) is 5.41 Å². The number of hydrogen-bond donors (Lipinski definition) is 2. The summed E-state index contributed by atoms with van der Waals surface area (Å²) in [6.45, 7) is 1.93. The maximum absolute atomic E-state index is 7.75. The highest BCUT2D eigenvalue weighted by molar-refractivity contribution is 6.42. The molecule has 0 aliphatic rings. The van der Waals surface area contributed by atoms with Crippen LogP contribution in [0.2, 0.25) is 10.0 Å². The molecule has 2 nitrogen and oxygen atoms in total. The smallest absolute Gasteiger partial charge is 0.0613 e. The molecule has 0 spiro atoms. The Morgan fingerprint density at radius 2 is 1.93 bits per heavy atom. The second kappa shape index (κ2) is 4.67. The zero-order chi connectivity index (χ0) is 10.7. The minimum absolute atomic E-state index is 0.485. The van der Waals surface area contributed by atoms with Crippen LogP contribution in [-0.2, 0) is 0 Å². The molecule has 0 amide bonds. The predicted octanol–water partition coefficient (Wildman–Crippen LogP) is 3.81. The third-order valence-electron chi connectivity index (χ3n) is 2.01. The van der Waals surface area contributed by atoms with Gasteiger partial charge in [-0.25, -0.2) is 0 Å². The molecule has 0 aliphatic carbocycles. The van der Waals surface area contributed by atoms with Crippen LogP contribution >= 0.6 is 23.2 Å². The molecule has 0 fully saturated rings. The molecular weight excluding hydrogens is 219 g/mol. The summed E-state index contributed by atoms with van der Waals surface area (Å²) >= 11 is 11.8. The number of halogens is 2. The van der Waals surface area contributed by atoms with Crippen molar-refractivity contribution >= 4 is 34.6 Å². The fourth-order valence-corrected chi connectivity index (χ4v) is 1.52. The molecule has 0 aromatic heterocycles. The zero-order valence-corrected chi connectivity index (χ0v) is 9.63. The van der Waals surface area contributed by atoms with Gasteiger partial charge in [0.15, 0.2) is 0 Å². The van der Waals surface area contributed by atoms with E-state index in [9.17, 15) is 0 Å². The Balaban J connectivity index is 3.27. The molecule has 0 unspecified atom stereocenters. The zero-order valence-electron chi connectivity index (χ0n) is 8.12. The Bertz CT molecular complexity index is 361. The average molecular weight is 231 g/mol. The van der Waals surface area contributed by atoms with E-state index in [1.807, 2.05) is 6.92 Å². The third kappa shape index (κ3) is 2.20. The van der Waals surface area contributed by atoms with Crippen molar-refractivity contribution in [3.63, 3.8) is 0 Å². The van der Waals surface area contributed by atoms with Gasteiger partial charge in [-0.2, -0.15) is 0 Å². The standard InChI is InChI=1S/C10H12Cl2N2/c1-3-9(13)6-4-7(11)8(12)5-10(6)14-2/h4-5,13-14H,3H2,1-2H3. The lowest BCUT2D eigenvalue weighted by molar-refractivity contribution is 1.24. The van der Waals surface area contributed by atoms with Crippen molar-refractivity contribution in [2.24, 2.45) is 0 Å². The molecule has 0 saturated heterocycles. The molecule has 1 rings (SSSR count). The number of nitrogens with one attached hydrogen (secondary N) is 2. The van der Waals surface area contributed by atoms with E-state index in [0.29, 0.717) is 22.2 Å². The molecule has 14 heavy (non-hydrogen) atoms. The van der Waals surface area contributed by atoms with Crippen LogP contribution < -0.4 is 5.32 Å². The molecule has 0 aliphatic heterocycles. The van der Waals surface area contributed by atoms with Gasteiger partial charge in [-0.3, -0.25) is 0 Å². The van der Waals surface area contributed by atoms with Gasteiger partial charge in [0.05, 0.1) is 10.0 Å². The van der Waals surface area contributed by atoms with Crippen LogP contribution in [0.15, 0.2) is 12.1 Å². The average Bonchev–Trinajstić information content (AvgIpc) is 2.20. The lowest BCUT2D eigenvalue weighted by Gasteiger charge is -2.10. The second-order valence-electron chi connectivity index (χ2n) is 2.89. The van der Waals surface area contributed by atoms with Crippen molar-refractivity contribution in [2.75, 3.05) is 12.4 Å². The van der Waals surface area contributed by atoms with E-state index in [0.717, 1.165) is 11.3 Å². The van der Waals surface area contributed by atoms with Crippen LogP contribution in [0.4, 0.5) is 5.69 Å². The summed E-state index contributed by atoms with van der Waals surface area (Å²) < 4.78 is 0. The Hall–Kier alpha value is -0.730. The van der Waals surface area contributed by atoms with Gasteiger partial charge in [0.25, 0.3) is 0 Å². The van der Waals surface area contributed by atoms with Crippen molar-refractivity contribution in [2.45, 2.75) is 13.3 Å². The lowest BCUT2D eigenvalue weighted by atomic mass is 10.1. The molecule has 4 heteroatoms. The Kier molecular flexibility index (Phi) is 3.78. The van der Waals surface area contributed by atoms with Gasteiger partial charge < -0.3 is 10.7 Å². The molecule has 76 valence electrons. The molecule has 0 bridgehead atoms. The summed E-state index contributed by atoms with van der Waals surface area (Å²) in [5, 5.41) is 11.7. The summed E-state index contributed by atoms with van der Waals surface area (Å²) in [7, 11) is 1.80. The third-order valence-corrected chi connectivity index (χ3v) is 2.73. The lowest BCUT2D eigenvalue weighted by Crippen LogP contribution is -2.02. The maximum Gasteiger partial charge on any atom is 0.0613 e. The van der Waals surface area contributed by atoms with Gasteiger partial charge in [0, 0.05) is 24.0 Å². The summed E-state index contributed by atoms with van der Waals surface area (Å²) in [5.74, 6) is 0. The highest BCUT2D eigenvalue weighted by Crippen LogP contribution is 2.29. The summed E-state index contributed by atoms with van der Waals surface area (Å²) in [6, 6.07) is 3.46. The van der Waals surface area contributed by atoms with Crippen LogP contribution in [0.3, 0.4) is 0 Å². The van der Waals surface area contributed by atoms with Crippen molar-refractivity contribution in [1.29, 1.82) is 5.41 Å². The first-order valence-corrected chi connectivity index (χ1v) is 5.10. The molecule has 2 N–H and O–H groups in total. The van der Waals surface area contributed by atoms with Gasteiger partial charge in [-0.15, -0.1) is 0 Å². The van der Waals surface area contributed by atoms with E-state index in [4.69, 9.17) is 28.6 Å². The Morgan fingerprint density at radius 1 is 1.36 bits per heavy atom. The predicted molar refractivity (Wildman–Crippen MR) is 63.1 cm³/mol. The minimum Gasteiger partial charge on any atom is -0.388 e. The Morgan fingerprint density at radius 3 is 2.43 bits per heavy atom. The van der Waals surface area contributed by atoms with Crippen LogP contribution in [-0.4, -0.2) is 12.8 Å². The normalized spacial score (nSPS) is 10.0. The van der Waals surface area contributed by atoms with E-state index in [-0.39, 0.29) is 0 Å². The van der Waals surface area contributed by atoms with E-state index in [1.54, 1.807) is 19.2 Å². The van der Waals surface area contributed by atoms with Gasteiger partial charge in [0.2, 0.25) is 0 Å². The molecule has 0 radical (unpaired) electrons. The van der Waals surface area contributed by atoms with E-state index >= 15 is 0 Å². The first-order chi connectivity index (χ1) is 6.60. The van der Waals surface area contributed by atoms with Crippen molar-refractivity contribution < 1.29 is 0 Å². The first kappa shape index (κ1) is 11.3. The Labute approximate surface area is 93.7 Å². The first-order valence-electron chi connectivity index (χ1n) is 4.34. The molecule has 0 atom stereocenters. The highest BCUT2D eigenvalue weighted by atomic mass is 35.5. The number of rotatable bonds is 3. The molecule has 0 heterocycles. The van der Waals surface area contributed by atoms with E-state index in [1.165, 1.54) is 0 Å². The number of hydrogen-bond acceptors (Lipinski definition) is 2. The summed E-state index contributed by atoms with van der Waals surface area (Å²) in [5.41, 5.74) is 2.20. The van der Waals surface area contributed by atoms with E-state index in [2.05, 4.69) is 5.32 Å². The van der Waals surface area contributed by atoms with Gasteiger partial charge in [-0.1, -0.05) is 30.1 Å². The number of anilines is 1. The highest BCUT2D eigenvalue weighted by Gasteiger charge is 2.09. The van der Waals surface area contributed by atoms with Crippen LogP contribution in [0.1, 0.15) is 18.9 Å². The maximum atomic E-state index is 7.75. The molecule has 0 saturated carbocycles. The molecule has 1 aromatic carbocycles. The second-order valence-corrected chi connectivity index (χ2v) is 3.71. The fraction of sp³-hybridized carbons (Fsp3) is 0.300. The van der Waals surface area contributed by atoms with Crippen LogP contribution in [0.5, 0.6) is 0 Å². The number of benzene rings is 1. The van der Waals surface area contributed by atoms with Crippen LogP contribution in [0.25, 0.3) is 0 Å². The van der Waals surface area contributed by atoms with Gasteiger partial charge in [0.1, 0.15) is 0 Å². The topological polar surface area (TPSA) is 35.9 Å². The SMILES string of the molecule is CCC(=N)c1cc(Cl)c(Cl)cc1NC. The summed E-state index contributed by atoms with van der Waals surface area (Å²) in [6.07, 6.45) is 0.673. The minimum atomic E-state index is 0.485. The van der Waals surface area contributed by atoms with Gasteiger partial charge in [-0.05, 0) is 18.6 Å². The van der Waals surface area contributed by atoms with E-state index < -0.39 is 0 Å². The quantitative estimate of drug-likeness (QED) is 0.762. The fourth-order valence-electron chi connectivity index (χ4n) is 1.19. The monoisotopic (exact) mass is 230 g/mol. The van der Waals surface area contributed by atoms with Gasteiger partial charge >= 0.3 is 0 Å². The molecular formula is C10H12Cl2N2. The van der Waals surface area contributed by atoms with Crippen molar-refractivity contribution in [3.05, 3.63) is 27.7 Å². The van der Waals surface area contributed by atoms with Crippen molar-refractivity contribution in [3.8, 4) is 0 Å². The largest absolute Gasteiger partial charge is 0.388 e. The summed E-state index contributed by atoms with van der Waals surface area (Å²) in [4.78, 5) is 0.